The van der Waals surface area contributed by atoms with Gasteiger partial charge in [0.15, 0.2) is 11.6 Å². The van der Waals surface area contributed by atoms with Crippen molar-refractivity contribution < 1.29 is 4.74 Å². The number of aromatic nitrogens is 4. The number of rotatable bonds is 3. The third-order valence-electron chi connectivity index (χ3n) is 2.73. The summed E-state index contributed by atoms with van der Waals surface area (Å²) in [5, 5.41) is 8.86. The van der Waals surface area contributed by atoms with Crippen molar-refractivity contribution in [3.8, 4) is 17.4 Å². The van der Waals surface area contributed by atoms with E-state index in [4.69, 9.17) is 10.6 Å². The zero-order chi connectivity index (χ0) is 14.1. The van der Waals surface area contributed by atoms with E-state index >= 15 is 0 Å². The van der Waals surface area contributed by atoms with Gasteiger partial charge in [-0.1, -0.05) is 0 Å². The molecule has 8 heteroatoms. The molecule has 0 atom stereocenters. The molecular formula is C12H12N6OS. The van der Waals surface area contributed by atoms with Gasteiger partial charge < -0.3 is 10.2 Å². The molecular weight excluding hydrogens is 276 g/mol. The van der Waals surface area contributed by atoms with E-state index in [0.29, 0.717) is 23.2 Å². The second-order valence-electron chi connectivity index (χ2n) is 4.08. The first-order chi connectivity index (χ1) is 9.71. The molecule has 20 heavy (non-hydrogen) atoms. The Kier molecular flexibility index (Phi) is 3.17. The largest absolute Gasteiger partial charge is 0.480 e. The van der Waals surface area contributed by atoms with E-state index in [9.17, 15) is 0 Å². The number of ether oxygens (including phenoxy) is 1. The second kappa shape index (κ2) is 4.99. The Morgan fingerprint density at radius 2 is 2.10 bits per heavy atom. The van der Waals surface area contributed by atoms with Crippen molar-refractivity contribution in [1.82, 2.24) is 20.2 Å². The highest BCUT2D eigenvalue weighted by molar-refractivity contribution is 7.18. The van der Waals surface area contributed by atoms with Crippen LogP contribution in [0.25, 0.3) is 21.7 Å². The van der Waals surface area contributed by atoms with E-state index in [1.165, 1.54) is 7.11 Å². The van der Waals surface area contributed by atoms with E-state index in [1.54, 1.807) is 23.5 Å². The lowest BCUT2D eigenvalue weighted by molar-refractivity contribution is 0.392. The van der Waals surface area contributed by atoms with Crippen LogP contribution in [0.3, 0.4) is 0 Å². The van der Waals surface area contributed by atoms with Crippen LogP contribution >= 0.6 is 11.3 Å². The monoisotopic (exact) mass is 288 g/mol. The van der Waals surface area contributed by atoms with Gasteiger partial charge in [-0.05, 0) is 19.1 Å². The highest BCUT2D eigenvalue weighted by Crippen LogP contribution is 2.30. The second-order valence-corrected chi connectivity index (χ2v) is 5.31. The van der Waals surface area contributed by atoms with Gasteiger partial charge in [0, 0.05) is 10.9 Å². The molecule has 0 bridgehead atoms. The van der Waals surface area contributed by atoms with E-state index in [2.05, 4.69) is 25.6 Å². The van der Waals surface area contributed by atoms with Crippen LogP contribution in [0.15, 0.2) is 18.2 Å². The van der Waals surface area contributed by atoms with Gasteiger partial charge in [-0.2, -0.15) is 0 Å². The lowest BCUT2D eigenvalue weighted by Crippen LogP contribution is -2.10. The molecule has 0 unspecified atom stereocenters. The number of nitrogens with zero attached hydrogens (tertiary/aromatic N) is 4. The maximum absolute atomic E-state index is 5.53. The third kappa shape index (κ3) is 2.15. The molecule has 0 amide bonds. The number of nitrogens with one attached hydrogen (secondary N) is 1. The molecule has 7 nitrogen and oxygen atoms in total. The fourth-order valence-corrected chi connectivity index (χ4v) is 2.69. The molecule has 3 aromatic heterocycles. The van der Waals surface area contributed by atoms with E-state index < -0.39 is 0 Å². The van der Waals surface area contributed by atoms with Crippen molar-refractivity contribution >= 4 is 27.4 Å². The molecule has 3 aromatic rings. The number of hydrogen-bond acceptors (Lipinski definition) is 8. The minimum absolute atomic E-state index is 0.443. The minimum atomic E-state index is 0.443. The summed E-state index contributed by atoms with van der Waals surface area (Å²) in [7, 11) is 1.54. The number of fused-ring (bicyclic) bond motifs is 1. The predicted molar refractivity (Wildman–Crippen MR) is 77.5 cm³/mol. The van der Waals surface area contributed by atoms with Crippen LogP contribution in [0.4, 0.5) is 5.82 Å². The fourth-order valence-electron chi connectivity index (χ4n) is 1.81. The summed E-state index contributed by atoms with van der Waals surface area (Å²) >= 11 is 1.58. The summed E-state index contributed by atoms with van der Waals surface area (Å²) in [5.74, 6) is 7.02. The van der Waals surface area contributed by atoms with Gasteiger partial charge in [0.1, 0.15) is 10.5 Å². The fraction of sp³-hybridized carbons (Fsp3) is 0.167. The molecule has 0 aliphatic heterocycles. The summed E-state index contributed by atoms with van der Waals surface area (Å²) in [6, 6.07) is 5.47. The Morgan fingerprint density at radius 3 is 2.75 bits per heavy atom. The van der Waals surface area contributed by atoms with Crippen molar-refractivity contribution in [3.63, 3.8) is 0 Å². The molecule has 0 aromatic carbocycles. The van der Waals surface area contributed by atoms with Gasteiger partial charge in [0.05, 0.1) is 12.5 Å². The topological polar surface area (TPSA) is 98.8 Å². The van der Waals surface area contributed by atoms with E-state index in [1.807, 2.05) is 13.0 Å². The molecule has 0 saturated heterocycles. The number of thiophene rings is 1. The first kappa shape index (κ1) is 12.7. The molecule has 0 spiro atoms. The molecule has 3 heterocycles. The van der Waals surface area contributed by atoms with Crippen LogP contribution in [0.5, 0.6) is 5.88 Å². The number of hydrazine groups is 1. The first-order valence-electron chi connectivity index (χ1n) is 5.84. The van der Waals surface area contributed by atoms with Crippen molar-refractivity contribution in [2.75, 3.05) is 12.5 Å². The molecule has 102 valence electrons. The Hall–Kier alpha value is -2.32. The standard InChI is InChI=1S/C12H12N6OS/c1-6-5-7-10(16-13)14-11(15-12(7)20-6)8-3-4-9(19-2)18-17-8/h3-5H,13H2,1-2H3,(H,14,15,16). The Morgan fingerprint density at radius 1 is 1.25 bits per heavy atom. The maximum Gasteiger partial charge on any atom is 0.233 e. The van der Waals surface area contributed by atoms with Crippen LogP contribution in [-0.4, -0.2) is 27.3 Å². The van der Waals surface area contributed by atoms with Gasteiger partial charge in [-0.3, -0.25) is 0 Å². The zero-order valence-electron chi connectivity index (χ0n) is 10.9. The lowest BCUT2D eigenvalue weighted by atomic mass is 10.3. The summed E-state index contributed by atoms with van der Waals surface area (Å²) in [4.78, 5) is 10.9. The third-order valence-corrected chi connectivity index (χ3v) is 3.68. The number of methoxy groups -OCH3 is 1. The zero-order valence-corrected chi connectivity index (χ0v) is 11.7. The highest BCUT2D eigenvalue weighted by atomic mass is 32.1. The molecule has 0 aliphatic carbocycles. The van der Waals surface area contributed by atoms with Gasteiger partial charge in [-0.25, -0.2) is 15.8 Å². The summed E-state index contributed by atoms with van der Waals surface area (Å²) in [6.07, 6.45) is 0. The quantitative estimate of drug-likeness (QED) is 0.559. The maximum atomic E-state index is 5.53. The number of hydrogen-bond donors (Lipinski definition) is 2. The SMILES string of the molecule is COc1ccc(-c2nc(NN)c3cc(C)sc3n2)nn1. The average Bonchev–Trinajstić information content (AvgIpc) is 2.86. The molecule has 0 fully saturated rings. The van der Waals surface area contributed by atoms with Crippen LogP contribution in [0.1, 0.15) is 4.88 Å². The van der Waals surface area contributed by atoms with Gasteiger partial charge in [0.25, 0.3) is 0 Å². The summed E-state index contributed by atoms with van der Waals surface area (Å²) < 4.78 is 4.98. The number of nitrogen functional groups attached to an aromatic ring is 1. The van der Waals surface area contributed by atoms with Crippen molar-refractivity contribution in [2.24, 2.45) is 5.84 Å². The smallest absolute Gasteiger partial charge is 0.233 e. The van der Waals surface area contributed by atoms with Gasteiger partial charge >= 0.3 is 0 Å². The highest BCUT2D eigenvalue weighted by Gasteiger charge is 2.12. The van der Waals surface area contributed by atoms with Crippen LogP contribution < -0.4 is 16.0 Å². The number of anilines is 1. The molecule has 0 saturated carbocycles. The summed E-state index contributed by atoms with van der Waals surface area (Å²) in [6.45, 7) is 2.01. The van der Waals surface area contributed by atoms with Gasteiger partial charge in [-0.15, -0.1) is 21.5 Å². The number of aryl methyl sites for hydroxylation is 1. The molecule has 0 aliphatic rings. The Labute approximate surface area is 118 Å². The first-order valence-corrected chi connectivity index (χ1v) is 6.66. The molecule has 0 radical (unpaired) electrons. The van der Waals surface area contributed by atoms with E-state index in [-0.39, 0.29) is 0 Å². The van der Waals surface area contributed by atoms with Crippen molar-refractivity contribution in [1.29, 1.82) is 0 Å². The average molecular weight is 288 g/mol. The minimum Gasteiger partial charge on any atom is -0.480 e. The van der Waals surface area contributed by atoms with Crippen molar-refractivity contribution in [2.45, 2.75) is 6.92 Å². The van der Waals surface area contributed by atoms with Crippen LogP contribution in [-0.2, 0) is 0 Å². The molecule has 3 rings (SSSR count). The predicted octanol–water partition coefficient (Wildman–Crippen LogP) is 1.75. The van der Waals surface area contributed by atoms with Crippen LogP contribution in [0.2, 0.25) is 0 Å². The van der Waals surface area contributed by atoms with Crippen LogP contribution in [0, 0.1) is 6.92 Å². The summed E-state index contributed by atoms with van der Waals surface area (Å²) in [5.41, 5.74) is 3.16. The lowest BCUT2D eigenvalue weighted by Gasteiger charge is -2.04. The number of nitrogens with two attached hydrogens (primary N) is 1. The Balaban J connectivity index is 2.14. The molecule has 3 N–H and O–H groups in total. The Bertz CT molecular complexity index is 754. The van der Waals surface area contributed by atoms with Gasteiger partial charge in [0.2, 0.25) is 5.88 Å². The van der Waals surface area contributed by atoms with E-state index in [0.717, 1.165) is 15.1 Å². The van der Waals surface area contributed by atoms with Crippen molar-refractivity contribution in [3.05, 3.63) is 23.1 Å². The normalized spacial score (nSPS) is 10.8.